The molecule has 2 fully saturated rings. The number of methoxy groups -OCH3 is 1. The molecule has 1 aromatic carbocycles. The van der Waals surface area contributed by atoms with Crippen LogP contribution in [-0.4, -0.2) is 75.3 Å². The third kappa shape index (κ3) is 4.02. The van der Waals surface area contributed by atoms with Crippen LogP contribution in [0.15, 0.2) is 24.3 Å². The van der Waals surface area contributed by atoms with Crippen molar-refractivity contribution in [1.82, 2.24) is 15.1 Å². The molecule has 1 N–H and O–H groups in total. The third-order valence-corrected chi connectivity index (χ3v) is 4.53. The standard InChI is InChI=1S/C17H25N3O3/c1-22-15-4-2-14(3-5-15)16-12-18-6-7-20(16)17(21)13-19-8-10-23-11-9-19/h2-5,16,18H,6-13H2,1H3/t16-/m0/s1. The van der Waals surface area contributed by atoms with E-state index < -0.39 is 0 Å². The Balaban J connectivity index is 1.68. The van der Waals surface area contributed by atoms with Gasteiger partial charge in [0.1, 0.15) is 5.75 Å². The van der Waals surface area contributed by atoms with Gasteiger partial charge in [-0.3, -0.25) is 9.69 Å². The summed E-state index contributed by atoms with van der Waals surface area (Å²) in [4.78, 5) is 17.0. The number of carbonyl (C=O) groups excluding carboxylic acids is 1. The van der Waals surface area contributed by atoms with E-state index in [1.54, 1.807) is 7.11 Å². The molecule has 0 radical (unpaired) electrons. The van der Waals surface area contributed by atoms with Gasteiger partial charge in [0.05, 0.1) is 32.9 Å². The number of nitrogens with one attached hydrogen (secondary N) is 1. The summed E-state index contributed by atoms with van der Waals surface area (Å²) in [7, 11) is 1.66. The second-order valence-corrected chi connectivity index (χ2v) is 5.97. The van der Waals surface area contributed by atoms with Crippen molar-refractivity contribution in [2.24, 2.45) is 0 Å². The Morgan fingerprint density at radius 2 is 2.00 bits per heavy atom. The summed E-state index contributed by atoms with van der Waals surface area (Å²) in [6.45, 7) is 5.99. The topological polar surface area (TPSA) is 54.0 Å². The SMILES string of the molecule is COc1ccc([C@@H]2CNCCN2C(=O)CN2CCOCC2)cc1. The smallest absolute Gasteiger partial charge is 0.237 e. The van der Waals surface area contributed by atoms with Gasteiger partial charge in [-0.25, -0.2) is 0 Å². The number of rotatable bonds is 4. The molecule has 3 rings (SSSR count). The zero-order chi connectivity index (χ0) is 16.1. The van der Waals surface area contributed by atoms with Crippen molar-refractivity contribution in [3.8, 4) is 5.75 Å². The fraction of sp³-hybridized carbons (Fsp3) is 0.588. The van der Waals surface area contributed by atoms with Gasteiger partial charge in [0.25, 0.3) is 0 Å². The lowest BCUT2D eigenvalue weighted by Crippen LogP contribution is -2.52. The number of piperazine rings is 1. The Labute approximate surface area is 137 Å². The quantitative estimate of drug-likeness (QED) is 0.876. The molecular formula is C17H25N3O3. The van der Waals surface area contributed by atoms with Crippen molar-refractivity contribution in [1.29, 1.82) is 0 Å². The molecule has 0 aromatic heterocycles. The first-order valence-corrected chi connectivity index (χ1v) is 8.22. The summed E-state index contributed by atoms with van der Waals surface area (Å²) >= 11 is 0. The van der Waals surface area contributed by atoms with E-state index in [0.29, 0.717) is 6.54 Å². The van der Waals surface area contributed by atoms with Crippen LogP contribution in [0.2, 0.25) is 0 Å². The van der Waals surface area contributed by atoms with Crippen LogP contribution in [0.25, 0.3) is 0 Å². The van der Waals surface area contributed by atoms with E-state index in [0.717, 1.165) is 57.3 Å². The number of carbonyl (C=O) groups is 1. The van der Waals surface area contributed by atoms with E-state index >= 15 is 0 Å². The maximum absolute atomic E-state index is 12.8. The van der Waals surface area contributed by atoms with Crippen molar-refractivity contribution in [3.63, 3.8) is 0 Å². The molecule has 2 aliphatic rings. The summed E-state index contributed by atoms with van der Waals surface area (Å²) < 4.78 is 10.6. The minimum absolute atomic E-state index is 0.0863. The molecule has 0 bridgehead atoms. The van der Waals surface area contributed by atoms with Crippen LogP contribution in [0.4, 0.5) is 0 Å². The Kier molecular flexibility index (Phi) is 5.48. The minimum atomic E-state index is 0.0863. The number of amides is 1. The summed E-state index contributed by atoms with van der Waals surface area (Å²) in [5.41, 5.74) is 1.15. The zero-order valence-corrected chi connectivity index (χ0v) is 13.7. The summed E-state index contributed by atoms with van der Waals surface area (Å²) in [5.74, 6) is 1.04. The van der Waals surface area contributed by atoms with Crippen molar-refractivity contribution < 1.29 is 14.3 Å². The Morgan fingerprint density at radius 1 is 1.26 bits per heavy atom. The van der Waals surface area contributed by atoms with Crippen LogP contribution in [0.1, 0.15) is 11.6 Å². The van der Waals surface area contributed by atoms with Gasteiger partial charge < -0.3 is 19.7 Å². The zero-order valence-electron chi connectivity index (χ0n) is 13.7. The van der Waals surface area contributed by atoms with Crippen molar-refractivity contribution in [2.75, 3.05) is 59.6 Å². The van der Waals surface area contributed by atoms with Crippen molar-refractivity contribution in [3.05, 3.63) is 29.8 Å². The average molecular weight is 319 g/mol. The van der Waals surface area contributed by atoms with Gasteiger partial charge >= 0.3 is 0 Å². The second-order valence-electron chi connectivity index (χ2n) is 5.97. The summed E-state index contributed by atoms with van der Waals surface area (Å²) in [6, 6.07) is 8.09. The lowest BCUT2D eigenvalue weighted by atomic mass is 10.0. The fourth-order valence-electron chi connectivity index (χ4n) is 3.17. The minimum Gasteiger partial charge on any atom is -0.497 e. The average Bonchev–Trinajstić information content (AvgIpc) is 2.62. The van der Waals surface area contributed by atoms with Crippen LogP contribution in [-0.2, 0) is 9.53 Å². The van der Waals surface area contributed by atoms with Crippen molar-refractivity contribution in [2.45, 2.75) is 6.04 Å². The van der Waals surface area contributed by atoms with Crippen LogP contribution in [0, 0.1) is 0 Å². The molecule has 2 aliphatic heterocycles. The Morgan fingerprint density at radius 3 is 2.70 bits per heavy atom. The fourth-order valence-corrected chi connectivity index (χ4v) is 3.17. The maximum Gasteiger partial charge on any atom is 0.237 e. The van der Waals surface area contributed by atoms with Gasteiger partial charge in [0.15, 0.2) is 0 Å². The van der Waals surface area contributed by atoms with Crippen molar-refractivity contribution >= 4 is 5.91 Å². The van der Waals surface area contributed by atoms with Gasteiger partial charge in [-0.15, -0.1) is 0 Å². The molecule has 23 heavy (non-hydrogen) atoms. The molecule has 0 spiro atoms. The first-order valence-electron chi connectivity index (χ1n) is 8.22. The number of hydrogen-bond acceptors (Lipinski definition) is 5. The van der Waals surface area contributed by atoms with Crippen LogP contribution in [0.5, 0.6) is 5.75 Å². The molecular weight excluding hydrogens is 294 g/mol. The molecule has 1 atom stereocenters. The van der Waals surface area contributed by atoms with E-state index in [4.69, 9.17) is 9.47 Å². The highest BCUT2D eigenvalue weighted by molar-refractivity contribution is 5.79. The van der Waals surface area contributed by atoms with Crippen LogP contribution in [0.3, 0.4) is 0 Å². The van der Waals surface area contributed by atoms with E-state index in [2.05, 4.69) is 10.2 Å². The molecule has 6 nitrogen and oxygen atoms in total. The molecule has 6 heteroatoms. The molecule has 1 aromatic rings. The number of benzene rings is 1. The Bertz CT molecular complexity index is 514. The van der Waals surface area contributed by atoms with Crippen LogP contribution >= 0.6 is 0 Å². The molecule has 2 saturated heterocycles. The Hall–Kier alpha value is -1.63. The maximum atomic E-state index is 12.8. The van der Waals surface area contributed by atoms with Gasteiger partial charge in [-0.05, 0) is 17.7 Å². The highest BCUT2D eigenvalue weighted by Gasteiger charge is 2.29. The third-order valence-electron chi connectivity index (χ3n) is 4.53. The largest absolute Gasteiger partial charge is 0.497 e. The molecule has 0 saturated carbocycles. The number of ether oxygens (including phenoxy) is 2. The molecule has 0 aliphatic carbocycles. The normalized spacial score (nSPS) is 22.8. The van der Waals surface area contributed by atoms with E-state index in [9.17, 15) is 4.79 Å². The highest BCUT2D eigenvalue weighted by Crippen LogP contribution is 2.24. The summed E-state index contributed by atoms with van der Waals surface area (Å²) in [6.07, 6.45) is 0. The van der Waals surface area contributed by atoms with Gasteiger partial charge in [0, 0.05) is 32.7 Å². The molecule has 126 valence electrons. The lowest BCUT2D eigenvalue weighted by Gasteiger charge is -2.38. The number of nitrogens with zero attached hydrogens (tertiary/aromatic N) is 2. The molecule has 1 amide bonds. The van der Waals surface area contributed by atoms with Gasteiger partial charge in [-0.2, -0.15) is 0 Å². The highest BCUT2D eigenvalue weighted by atomic mass is 16.5. The number of hydrogen-bond donors (Lipinski definition) is 1. The monoisotopic (exact) mass is 319 g/mol. The predicted molar refractivity (Wildman–Crippen MR) is 87.6 cm³/mol. The predicted octanol–water partition coefficient (Wildman–Crippen LogP) is 0.500. The number of morpholine rings is 1. The second kappa shape index (κ2) is 7.77. The van der Waals surface area contributed by atoms with Crippen LogP contribution < -0.4 is 10.1 Å². The summed E-state index contributed by atoms with van der Waals surface area (Å²) in [5, 5.41) is 3.39. The van der Waals surface area contributed by atoms with E-state index in [1.165, 1.54) is 0 Å². The lowest BCUT2D eigenvalue weighted by molar-refractivity contribution is -0.136. The molecule has 0 unspecified atom stereocenters. The molecule has 2 heterocycles. The van der Waals surface area contributed by atoms with Gasteiger partial charge in [-0.1, -0.05) is 12.1 Å². The first kappa shape index (κ1) is 16.2. The van der Waals surface area contributed by atoms with E-state index in [1.807, 2.05) is 29.2 Å². The first-order chi connectivity index (χ1) is 11.3. The van der Waals surface area contributed by atoms with E-state index in [-0.39, 0.29) is 11.9 Å². The van der Waals surface area contributed by atoms with Gasteiger partial charge in [0.2, 0.25) is 5.91 Å².